The van der Waals surface area contributed by atoms with E-state index < -0.39 is 0 Å². The van der Waals surface area contributed by atoms with Crippen LogP contribution in [0.5, 0.6) is 0 Å². The van der Waals surface area contributed by atoms with E-state index in [-0.39, 0.29) is 0 Å². The first-order valence-electron chi connectivity index (χ1n) is 8.58. The number of furan rings is 1. The van der Waals surface area contributed by atoms with Gasteiger partial charge in [-0.15, -0.1) is 0 Å². The van der Waals surface area contributed by atoms with Crippen molar-refractivity contribution in [2.24, 2.45) is 0 Å². The summed E-state index contributed by atoms with van der Waals surface area (Å²) in [6.45, 7) is 0.577. The van der Waals surface area contributed by atoms with Crippen molar-refractivity contribution in [1.29, 1.82) is 0 Å². The molecule has 0 saturated heterocycles. The molecular weight excluding hydrogens is 314 g/mol. The van der Waals surface area contributed by atoms with Crippen LogP contribution in [0.4, 0.5) is 5.82 Å². The standard InChI is InChI=1S/C19H17N5O/c1-2-7-15-12(5-1)9-14-16-17(25-19(14)24-15)18(23-11-22-16)21-10-13-6-3-4-8-20-13/h3-4,6,8-9,11H,1-2,5,7,10H2,(H,21,22,23). The summed E-state index contributed by atoms with van der Waals surface area (Å²) in [6.07, 6.45) is 7.88. The van der Waals surface area contributed by atoms with Gasteiger partial charge >= 0.3 is 0 Å². The largest absolute Gasteiger partial charge is 0.432 e. The molecule has 0 fully saturated rings. The number of pyridine rings is 2. The molecule has 6 nitrogen and oxygen atoms in total. The summed E-state index contributed by atoms with van der Waals surface area (Å²) >= 11 is 0. The molecule has 5 rings (SSSR count). The molecule has 0 unspecified atom stereocenters. The number of fused-ring (bicyclic) bond motifs is 4. The average Bonchev–Trinajstić information content (AvgIpc) is 3.03. The summed E-state index contributed by atoms with van der Waals surface area (Å²) < 4.78 is 6.02. The van der Waals surface area contributed by atoms with E-state index in [2.05, 4.69) is 26.3 Å². The summed E-state index contributed by atoms with van der Waals surface area (Å²) in [5.74, 6) is 0.673. The quantitative estimate of drug-likeness (QED) is 0.617. The van der Waals surface area contributed by atoms with Gasteiger partial charge in [-0.05, 0) is 49.4 Å². The topological polar surface area (TPSA) is 76.7 Å². The van der Waals surface area contributed by atoms with Crippen LogP contribution in [0.25, 0.3) is 22.2 Å². The second-order valence-electron chi connectivity index (χ2n) is 6.33. The number of nitrogens with one attached hydrogen (secondary N) is 1. The van der Waals surface area contributed by atoms with Crippen LogP contribution in [0.1, 0.15) is 29.8 Å². The molecule has 0 bridgehead atoms. The highest BCUT2D eigenvalue weighted by Gasteiger charge is 2.18. The van der Waals surface area contributed by atoms with Crippen molar-refractivity contribution in [2.75, 3.05) is 5.32 Å². The SMILES string of the molecule is c1ccc(CNc2ncnc3c2oc2nc4c(cc23)CCCC4)nc1. The van der Waals surface area contributed by atoms with E-state index in [1.165, 1.54) is 18.4 Å². The Hall–Kier alpha value is -3.02. The van der Waals surface area contributed by atoms with Crippen molar-refractivity contribution in [3.05, 3.63) is 53.7 Å². The van der Waals surface area contributed by atoms with Crippen LogP contribution in [0.3, 0.4) is 0 Å². The minimum Gasteiger partial charge on any atom is -0.432 e. The molecule has 4 aromatic heterocycles. The van der Waals surface area contributed by atoms with Gasteiger partial charge in [-0.3, -0.25) is 4.98 Å². The Balaban J connectivity index is 1.58. The fourth-order valence-electron chi connectivity index (χ4n) is 3.42. The fourth-order valence-corrected chi connectivity index (χ4v) is 3.42. The molecule has 4 heterocycles. The Morgan fingerprint density at radius 3 is 2.96 bits per heavy atom. The molecule has 0 amide bonds. The number of rotatable bonds is 3. The predicted octanol–water partition coefficient (Wildman–Crippen LogP) is 3.66. The summed E-state index contributed by atoms with van der Waals surface area (Å²) in [7, 11) is 0. The molecule has 124 valence electrons. The smallest absolute Gasteiger partial charge is 0.229 e. The lowest BCUT2D eigenvalue weighted by atomic mass is 9.95. The summed E-state index contributed by atoms with van der Waals surface area (Å²) in [5.41, 5.74) is 5.55. The molecule has 0 radical (unpaired) electrons. The molecule has 25 heavy (non-hydrogen) atoms. The molecule has 4 aromatic rings. The van der Waals surface area contributed by atoms with Gasteiger partial charge in [0.2, 0.25) is 5.71 Å². The van der Waals surface area contributed by atoms with Gasteiger partial charge in [0, 0.05) is 11.9 Å². The zero-order chi connectivity index (χ0) is 16.6. The third-order valence-corrected chi connectivity index (χ3v) is 4.69. The van der Waals surface area contributed by atoms with Crippen molar-refractivity contribution < 1.29 is 4.42 Å². The maximum Gasteiger partial charge on any atom is 0.229 e. The van der Waals surface area contributed by atoms with Crippen LogP contribution in [-0.4, -0.2) is 19.9 Å². The molecule has 0 saturated carbocycles. The second-order valence-corrected chi connectivity index (χ2v) is 6.33. The molecule has 6 heteroatoms. The lowest BCUT2D eigenvalue weighted by molar-refractivity contribution is 0.631. The van der Waals surface area contributed by atoms with Gasteiger partial charge in [-0.25, -0.2) is 15.0 Å². The monoisotopic (exact) mass is 331 g/mol. The summed E-state index contributed by atoms with van der Waals surface area (Å²) in [4.78, 5) is 17.8. The van der Waals surface area contributed by atoms with E-state index >= 15 is 0 Å². The normalized spacial score (nSPS) is 13.9. The van der Waals surface area contributed by atoms with E-state index in [1.807, 2.05) is 18.2 Å². The van der Waals surface area contributed by atoms with E-state index in [0.717, 1.165) is 35.1 Å². The number of nitrogens with zero attached hydrogens (tertiary/aromatic N) is 4. The fraction of sp³-hybridized carbons (Fsp3) is 0.263. The van der Waals surface area contributed by atoms with Crippen molar-refractivity contribution in [3.8, 4) is 0 Å². The Morgan fingerprint density at radius 1 is 1.08 bits per heavy atom. The third kappa shape index (κ3) is 2.50. The highest BCUT2D eigenvalue weighted by molar-refractivity contribution is 6.04. The lowest BCUT2D eigenvalue weighted by Gasteiger charge is -2.13. The van der Waals surface area contributed by atoms with Gasteiger partial charge in [-0.1, -0.05) is 6.07 Å². The maximum atomic E-state index is 6.02. The Bertz CT molecular complexity index is 1060. The molecule has 0 aliphatic heterocycles. The predicted molar refractivity (Wildman–Crippen MR) is 95.3 cm³/mol. The highest BCUT2D eigenvalue weighted by atomic mass is 16.3. The van der Waals surface area contributed by atoms with Crippen molar-refractivity contribution in [3.63, 3.8) is 0 Å². The molecule has 1 aliphatic carbocycles. The van der Waals surface area contributed by atoms with Crippen LogP contribution < -0.4 is 5.32 Å². The molecule has 1 N–H and O–H groups in total. The maximum absolute atomic E-state index is 6.02. The molecule has 0 atom stereocenters. The first-order valence-corrected chi connectivity index (χ1v) is 8.58. The minimum atomic E-state index is 0.577. The number of aryl methyl sites for hydroxylation is 2. The molecule has 0 aromatic carbocycles. The lowest BCUT2D eigenvalue weighted by Crippen LogP contribution is -2.04. The van der Waals surface area contributed by atoms with Gasteiger partial charge in [0.1, 0.15) is 11.8 Å². The van der Waals surface area contributed by atoms with Gasteiger partial charge in [0.15, 0.2) is 11.4 Å². The Labute approximate surface area is 144 Å². The van der Waals surface area contributed by atoms with E-state index in [4.69, 9.17) is 9.40 Å². The minimum absolute atomic E-state index is 0.577. The van der Waals surface area contributed by atoms with Gasteiger partial charge in [0.05, 0.1) is 17.6 Å². The van der Waals surface area contributed by atoms with Crippen molar-refractivity contribution >= 4 is 28.0 Å². The summed E-state index contributed by atoms with van der Waals surface area (Å²) in [5, 5.41) is 4.27. The number of hydrogen-bond donors (Lipinski definition) is 1. The van der Waals surface area contributed by atoms with Crippen LogP contribution in [0.15, 0.2) is 41.2 Å². The van der Waals surface area contributed by atoms with E-state index in [1.54, 1.807) is 12.5 Å². The van der Waals surface area contributed by atoms with E-state index in [0.29, 0.717) is 23.7 Å². The number of aromatic nitrogens is 4. The highest BCUT2D eigenvalue weighted by Crippen LogP contribution is 2.32. The third-order valence-electron chi connectivity index (χ3n) is 4.69. The first-order chi connectivity index (χ1) is 12.4. The Kier molecular flexibility index (Phi) is 3.33. The van der Waals surface area contributed by atoms with Gasteiger partial charge < -0.3 is 9.73 Å². The van der Waals surface area contributed by atoms with Crippen molar-refractivity contribution in [1.82, 2.24) is 19.9 Å². The average molecular weight is 331 g/mol. The van der Waals surface area contributed by atoms with E-state index in [9.17, 15) is 0 Å². The molecule has 0 spiro atoms. The summed E-state index contributed by atoms with van der Waals surface area (Å²) in [6, 6.07) is 8.03. The van der Waals surface area contributed by atoms with Crippen LogP contribution in [-0.2, 0) is 19.4 Å². The number of anilines is 1. The molecular formula is C19H17N5O. The van der Waals surface area contributed by atoms with Crippen LogP contribution in [0.2, 0.25) is 0 Å². The van der Waals surface area contributed by atoms with Crippen LogP contribution >= 0.6 is 0 Å². The van der Waals surface area contributed by atoms with Gasteiger partial charge in [-0.2, -0.15) is 0 Å². The van der Waals surface area contributed by atoms with Gasteiger partial charge in [0.25, 0.3) is 0 Å². The number of hydrogen-bond acceptors (Lipinski definition) is 6. The van der Waals surface area contributed by atoms with Crippen molar-refractivity contribution in [2.45, 2.75) is 32.2 Å². The second kappa shape index (κ2) is 5.81. The zero-order valence-electron chi connectivity index (χ0n) is 13.7. The first kappa shape index (κ1) is 14.3. The van der Waals surface area contributed by atoms with Crippen LogP contribution in [0, 0.1) is 0 Å². The zero-order valence-corrected chi connectivity index (χ0v) is 13.7. The Morgan fingerprint density at radius 2 is 2.04 bits per heavy atom. The molecule has 1 aliphatic rings.